The molecule has 0 fully saturated rings. The smallest absolute Gasteiger partial charge is 0.319 e. The third kappa shape index (κ3) is 8.21. The van der Waals surface area contributed by atoms with E-state index in [2.05, 4.69) is 22.9 Å². The van der Waals surface area contributed by atoms with Crippen LogP contribution in [-0.2, 0) is 4.74 Å². The molecule has 0 atom stereocenters. The minimum absolute atomic E-state index is 0.119. The van der Waals surface area contributed by atoms with Crippen molar-refractivity contribution in [2.45, 2.75) is 33.1 Å². The monoisotopic (exact) mass is 321 g/mol. The lowest BCUT2D eigenvalue weighted by atomic mass is 10.2. The summed E-state index contributed by atoms with van der Waals surface area (Å²) in [6, 6.07) is 6.52. The Morgan fingerprint density at radius 1 is 1.00 bits per heavy atom. The van der Waals surface area contributed by atoms with Gasteiger partial charge in [0.05, 0.1) is 0 Å². The Bertz CT molecular complexity index is 474. The minimum atomic E-state index is -0.260. The fourth-order valence-electron chi connectivity index (χ4n) is 1.87. The third-order valence-corrected chi connectivity index (χ3v) is 3.14. The second kappa shape index (κ2) is 11.5. The number of hydrogen-bond acceptors (Lipinski definition) is 3. The van der Waals surface area contributed by atoms with Crippen LogP contribution < -0.4 is 16.0 Å². The van der Waals surface area contributed by atoms with Crippen LogP contribution in [0.25, 0.3) is 0 Å². The maximum absolute atomic E-state index is 11.7. The van der Waals surface area contributed by atoms with Crippen LogP contribution in [0, 0.1) is 0 Å². The SMILES string of the molecule is CCCCOCCCNC(=O)Nc1ccc(C(=O)NCC)cc1. The first-order chi connectivity index (χ1) is 11.2. The van der Waals surface area contributed by atoms with Gasteiger partial charge in [0.15, 0.2) is 0 Å². The van der Waals surface area contributed by atoms with Gasteiger partial charge in [-0.05, 0) is 44.0 Å². The van der Waals surface area contributed by atoms with Crippen LogP contribution in [0.5, 0.6) is 0 Å². The molecule has 0 spiro atoms. The van der Waals surface area contributed by atoms with E-state index in [1.165, 1.54) is 0 Å². The molecule has 6 heteroatoms. The maximum Gasteiger partial charge on any atom is 0.319 e. The molecule has 0 saturated heterocycles. The minimum Gasteiger partial charge on any atom is -0.381 e. The second-order valence-corrected chi connectivity index (χ2v) is 5.14. The number of benzene rings is 1. The first-order valence-corrected chi connectivity index (χ1v) is 8.18. The molecule has 1 aromatic carbocycles. The van der Waals surface area contributed by atoms with Gasteiger partial charge >= 0.3 is 6.03 Å². The molecule has 1 rings (SSSR count). The summed E-state index contributed by atoms with van der Waals surface area (Å²) >= 11 is 0. The number of ether oxygens (including phenoxy) is 1. The lowest BCUT2D eigenvalue weighted by molar-refractivity contribution is 0.0956. The van der Waals surface area contributed by atoms with E-state index < -0.39 is 0 Å². The van der Waals surface area contributed by atoms with Crippen molar-refractivity contribution in [1.82, 2.24) is 10.6 Å². The van der Waals surface area contributed by atoms with Crippen LogP contribution in [0.4, 0.5) is 10.5 Å². The zero-order valence-corrected chi connectivity index (χ0v) is 14.0. The largest absolute Gasteiger partial charge is 0.381 e. The number of amides is 3. The highest BCUT2D eigenvalue weighted by atomic mass is 16.5. The van der Waals surface area contributed by atoms with Gasteiger partial charge in [-0.2, -0.15) is 0 Å². The van der Waals surface area contributed by atoms with Crippen molar-refractivity contribution in [3.05, 3.63) is 29.8 Å². The summed E-state index contributed by atoms with van der Waals surface area (Å²) < 4.78 is 5.42. The van der Waals surface area contributed by atoms with Crippen molar-refractivity contribution in [3.8, 4) is 0 Å². The number of carbonyl (C=O) groups excluding carboxylic acids is 2. The number of carbonyl (C=O) groups is 2. The van der Waals surface area contributed by atoms with E-state index in [4.69, 9.17) is 4.74 Å². The Morgan fingerprint density at radius 3 is 2.35 bits per heavy atom. The molecule has 1 aromatic rings. The second-order valence-electron chi connectivity index (χ2n) is 5.14. The normalized spacial score (nSPS) is 10.2. The lowest BCUT2D eigenvalue weighted by Crippen LogP contribution is -2.30. The molecule has 0 heterocycles. The van der Waals surface area contributed by atoms with Gasteiger partial charge < -0.3 is 20.7 Å². The Morgan fingerprint density at radius 2 is 1.70 bits per heavy atom. The summed E-state index contributed by atoms with van der Waals surface area (Å²) in [6.07, 6.45) is 2.98. The highest BCUT2D eigenvalue weighted by molar-refractivity contribution is 5.95. The molecule has 0 aromatic heterocycles. The Balaban J connectivity index is 2.22. The van der Waals surface area contributed by atoms with E-state index in [1.807, 2.05) is 6.92 Å². The predicted molar refractivity (Wildman–Crippen MR) is 91.8 cm³/mol. The topological polar surface area (TPSA) is 79.5 Å². The van der Waals surface area contributed by atoms with E-state index in [1.54, 1.807) is 24.3 Å². The number of rotatable bonds is 10. The molecule has 0 aliphatic rings. The molecule has 128 valence electrons. The van der Waals surface area contributed by atoms with Crippen LogP contribution in [0.2, 0.25) is 0 Å². The summed E-state index contributed by atoms with van der Waals surface area (Å²) in [5.41, 5.74) is 1.22. The highest BCUT2D eigenvalue weighted by Crippen LogP contribution is 2.09. The summed E-state index contributed by atoms with van der Waals surface area (Å²) in [5, 5.41) is 8.22. The van der Waals surface area contributed by atoms with Crippen molar-refractivity contribution in [3.63, 3.8) is 0 Å². The van der Waals surface area contributed by atoms with Crippen molar-refractivity contribution in [2.24, 2.45) is 0 Å². The molecular weight excluding hydrogens is 294 g/mol. The van der Waals surface area contributed by atoms with Crippen molar-refractivity contribution >= 4 is 17.6 Å². The number of urea groups is 1. The first-order valence-electron chi connectivity index (χ1n) is 8.18. The Kier molecular flexibility index (Phi) is 9.47. The summed E-state index contributed by atoms with van der Waals surface area (Å²) in [7, 11) is 0. The van der Waals surface area contributed by atoms with Gasteiger partial charge in [-0.3, -0.25) is 4.79 Å². The third-order valence-electron chi connectivity index (χ3n) is 3.14. The van der Waals surface area contributed by atoms with E-state index in [0.29, 0.717) is 30.9 Å². The van der Waals surface area contributed by atoms with Crippen molar-refractivity contribution in [1.29, 1.82) is 0 Å². The predicted octanol–water partition coefficient (Wildman–Crippen LogP) is 2.76. The van der Waals surface area contributed by atoms with E-state index >= 15 is 0 Å². The summed E-state index contributed by atoms with van der Waals surface area (Å²) in [4.78, 5) is 23.4. The van der Waals surface area contributed by atoms with Crippen LogP contribution in [0.3, 0.4) is 0 Å². The molecule has 3 N–H and O–H groups in total. The van der Waals surface area contributed by atoms with Crippen molar-refractivity contribution < 1.29 is 14.3 Å². The standard InChI is InChI=1S/C17H27N3O3/c1-3-5-12-23-13-6-11-19-17(22)20-15-9-7-14(8-10-15)16(21)18-4-2/h7-10H,3-6,11-13H2,1-2H3,(H,18,21)(H2,19,20,22). The Hall–Kier alpha value is -2.08. The molecular formula is C17H27N3O3. The van der Waals surface area contributed by atoms with Crippen LogP contribution >= 0.6 is 0 Å². The van der Waals surface area contributed by atoms with Gasteiger partial charge in [0, 0.05) is 37.6 Å². The number of nitrogens with one attached hydrogen (secondary N) is 3. The molecule has 6 nitrogen and oxygen atoms in total. The maximum atomic E-state index is 11.7. The number of anilines is 1. The quantitative estimate of drug-likeness (QED) is 0.580. The number of unbranched alkanes of at least 4 members (excludes halogenated alkanes) is 1. The molecule has 3 amide bonds. The zero-order valence-electron chi connectivity index (χ0n) is 14.0. The van der Waals surface area contributed by atoms with E-state index in [0.717, 1.165) is 25.9 Å². The lowest BCUT2D eigenvalue weighted by Gasteiger charge is -2.09. The Labute approximate surface area is 138 Å². The fraction of sp³-hybridized carbons (Fsp3) is 0.529. The summed E-state index contributed by atoms with van der Waals surface area (Å²) in [5.74, 6) is -0.119. The zero-order chi connectivity index (χ0) is 16.9. The van der Waals surface area contributed by atoms with Crippen LogP contribution in [0.1, 0.15) is 43.5 Å². The van der Waals surface area contributed by atoms with E-state index in [9.17, 15) is 9.59 Å². The molecule has 0 bridgehead atoms. The van der Waals surface area contributed by atoms with Crippen LogP contribution in [-0.4, -0.2) is 38.2 Å². The number of hydrogen-bond donors (Lipinski definition) is 3. The highest BCUT2D eigenvalue weighted by Gasteiger charge is 2.05. The summed E-state index contributed by atoms with van der Waals surface area (Å²) in [6.45, 7) is 6.57. The molecule has 0 saturated carbocycles. The van der Waals surface area contributed by atoms with Crippen LogP contribution in [0.15, 0.2) is 24.3 Å². The van der Waals surface area contributed by atoms with Gasteiger partial charge in [-0.1, -0.05) is 13.3 Å². The fourth-order valence-corrected chi connectivity index (χ4v) is 1.87. The van der Waals surface area contributed by atoms with Gasteiger partial charge in [0.25, 0.3) is 5.91 Å². The van der Waals surface area contributed by atoms with Crippen molar-refractivity contribution in [2.75, 3.05) is 31.6 Å². The van der Waals surface area contributed by atoms with Gasteiger partial charge in [0.1, 0.15) is 0 Å². The van der Waals surface area contributed by atoms with Gasteiger partial charge in [-0.25, -0.2) is 4.79 Å². The molecule has 23 heavy (non-hydrogen) atoms. The average molecular weight is 321 g/mol. The molecule has 0 unspecified atom stereocenters. The van der Waals surface area contributed by atoms with Gasteiger partial charge in [-0.15, -0.1) is 0 Å². The first kappa shape index (κ1) is 19.0. The molecule has 0 aliphatic heterocycles. The molecule has 0 aliphatic carbocycles. The van der Waals surface area contributed by atoms with E-state index in [-0.39, 0.29) is 11.9 Å². The average Bonchev–Trinajstić information content (AvgIpc) is 2.55. The molecule has 0 radical (unpaired) electrons. The van der Waals surface area contributed by atoms with Gasteiger partial charge in [0.2, 0.25) is 0 Å².